The molecule has 1 aromatic carbocycles. The second-order valence-corrected chi connectivity index (χ2v) is 5.61. The first-order valence-corrected chi connectivity index (χ1v) is 7.93. The van der Waals surface area contributed by atoms with Crippen LogP contribution >= 0.6 is 15.9 Å². The molecular weight excluding hydrogens is 360 g/mol. The summed E-state index contributed by atoms with van der Waals surface area (Å²) in [6.07, 6.45) is 4.08. The van der Waals surface area contributed by atoms with Crippen molar-refractivity contribution in [3.8, 4) is 17.6 Å². The number of hydrogen-bond donors (Lipinski definition) is 0. The normalized spacial score (nSPS) is 9.78. The Morgan fingerprint density at radius 2 is 2.09 bits per heavy atom. The molecule has 6 heteroatoms. The largest absolute Gasteiger partial charge is 0.487 e. The number of para-hydroxylation sites is 2. The lowest BCUT2D eigenvalue weighted by Crippen LogP contribution is -2.00. The number of hydrogen-bond acceptors (Lipinski definition) is 4. The second-order valence-electron chi connectivity index (χ2n) is 4.69. The highest BCUT2D eigenvalue weighted by atomic mass is 79.9. The predicted octanol–water partition coefficient (Wildman–Crippen LogP) is 4.35. The van der Waals surface area contributed by atoms with E-state index in [0.29, 0.717) is 12.4 Å². The Balaban J connectivity index is 1.72. The molecule has 0 amide bonds. The van der Waals surface area contributed by atoms with Crippen molar-refractivity contribution < 1.29 is 9.66 Å². The number of aromatic nitrogens is 1. The Labute approximate surface area is 143 Å². The van der Waals surface area contributed by atoms with E-state index in [1.165, 1.54) is 6.07 Å². The predicted molar refractivity (Wildman–Crippen MR) is 91.3 cm³/mol. The fourth-order valence-electron chi connectivity index (χ4n) is 1.85. The van der Waals surface area contributed by atoms with Gasteiger partial charge in [-0.1, -0.05) is 34.0 Å². The van der Waals surface area contributed by atoms with Crippen LogP contribution < -0.4 is 4.74 Å². The molecule has 0 aliphatic heterocycles. The molecule has 1 aromatic heterocycles. The van der Waals surface area contributed by atoms with E-state index in [0.717, 1.165) is 29.4 Å². The standard InChI is InChI=1S/C17H15BrN2O3/c18-14-10-11-19-15(13-14)7-3-1-2-6-12-23-17-9-5-4-8-16(17)20(21)22/h4-5,8-11,13H,1-2,6,12H2. The summed E-state index contributed by atoms with van der Waals surface area (Å²) in [5.74, 6) is 6.36. The summed E-state index contributed by atoms with van der Waals surface area (Å²) in [6, 6.07) is 10.1. The van der Waals surface area contributed by atoms with Gasteiger partial charge in [-0.25, -0.2) is 4.98 Å². The number of halogens is 1. The number of benzene rings is 1. The van der Waals surface area contributed by atoms with Crippen LogP contribution in [0.1, 0.15) is 25.0 Å². The van der Waals surface area contributed by atoms with Crippen LogP contribution in [0.3, 0.4) is 0 Å². The van der Waals surface area contributed by atoms with Crippen molar-refractivity contribution in [1.29, 1.82) is 0 Å². The van der Waals surface area contributed by atoms with Gasteiger partial charge in [0.05, 0.1) is 11.5 Å². The lowest BCUT2D eigenvalue weighted by molar-refractivity contribution is -0.385. The van der Waals surface area contributed by atoms with Gasteiger partial charge in [0.1, 0.15) is 5.69 Å². The number of pyridine rings is 1. The van der Waals surface area contributed by atoms with Crippen molar-refractivity contribution in [2.45, 2.75) is 19.3 Å². The van der Waals surface area contributed by atoms with Crippen molar-refractivity contribution >= 4 is 21.6 Å². The van der Waals surface area contributed by atoms with Crippen molar-refractivity contribution in [3.05, 3.63) is 62.9 Å². The fraction of sp³-hybridized carbons (Fsp3) is 0.235. The number of rotatable bonds is 6. The average Bonchev–Trinajstić information content (AvgIpc) is 2.54. The van der Waals surface area contributed by atoms with E-state index in [-0.39, 0.29) is 5.69 Å². The summed E-state index contributed by atoms with van der Waals surface area (Å²) >= 11 is 3.37. The zero-order chi connectivity index (χ0) is 16.5. The molecule has 0 saturated carbocycles. The Bertz CT molecular complexity index is 738. The number of ether oxygens (including phenoxy) is 1. The van der Waals surface area contributed by atoms with E-state index < -0.39 is 4.92 Å². The van der Waals surface area contributed by atoms with Gasteiger partial charge in [0.2, 0.25) is 0 Å². The summed E-state index contributed by atoms with van der Waals surface area (Å²) < 4.78 is 6.42. The molecule has 0 spiro atoms. The molecule has 0 radical (unpaired) electrons. The van der Waals surface area contributed by atoms with Gasteiger partial charge in [-0.05, 0) is 37.0 Å². The Morgan fingerprint density at radius 1 is 1.26 bits per heavy atom. The zero-order valence-electron chi connectivity index (χ0n) is 12.4. The van der Waals surface area contributed by atoms with Crippen molar-refractivity contribution in [1.82, 2.24) is 4.98 Å². The van der Waals surface area contributed by atoms with Crippen LogP contribution in [-0.4, -0.2) is 16.5 Å². The zero-order valence-corrected chi connectivity index (χ0v) is 14.0. The Hall–Kier alpha value is -2.39. The minimum absolute atomic E-state index is 0.00646. The van der Waals surface area contributed by atoms with E-state index in [2.05, 4.69) is 32.8 Å². The molecule has 2 aromatic rings. The quantitative estimate of drug-likeness (QED) is 0.326. The number of unbranched alkanes of at least 4 members (excludes halogenated alkanes) is 2. The smallest absolute Gasteiger partial charge is 0.310 e. The highest BCUT2D eigenvalue weighted by molar-refractivity contribution is 9.10. The Morgan fingerprint density at radius 3 is 2.87 bits per heavy atom. The van der Waals surface area contributed by atoms with Crippen LogP contribution in [0.5, 0.6) is 5.75 Å². The summed E-state index contributed by atoms with van der Waals surface area (Å²) in [5.41, 5.74) is 0.726. The summed E-state index contributed by atoms with van der Waals surface area (Å²) in [7, 11) is 0. The molecule has 0 N–H and O–H groups in total. The molecule has 1 heterocycles. The molecule has 0 unspecified atom stereocenters. The van der Waals surface area contributed by atoms with Crippen molar-refractivity contribution in [2.24, 2.45) is 0 Å². The maximum Gasteiger partial charge on any atom is 0.310 e. The van der Waals surface area contributed by atoms with E-state index in [1.807, 2.05) is 12.1 Å². The van der Waals surface area contributed by atoms with Gasteiger partial charge in [-0.2, -0.15) is 0 Å². The number of nitrogens with zero attached hydrogens (tertiary/aromatic N) is 2. The van der Waals surface area contributed by atoms with Gasteiger partial charge in [0.25, 0.3) is 0 Å². The maximum atomic E-state index is 10.9. The van der Waals surface area contributed by atoms with Crippen LogP contribution in [0.15, 0.2) is 47.1 Å². The van der Waals surface area contributed by atoms with Crippen LogP contribution in [0.25, 0.3) is 0 Å². The van der Waals surface area contributed by atoms with Gasteiger partial charge in [0, 0.05) is 23.2 Å². The summed E-state index contributed by atoms with van der Waals surface area (Å²) in [5, 5.41) is 10.9. The minimum atomic E-state index is -0.439. The van der Waals surface area contributed by atoms with E-state index in [9.17, 15) is 10.1 Å². The molecule has 0 aliphatic carbocycles. The molecule has 0 fully saturated rings. The summed E-state index contributed by atoms with van der Waals surface area (Å²) in [6.45, 7) is 0.432. The van der Waals surface area contributed by atoms with Crippen LogP contribution in [0.2, 0.25) is 0 Å². The third-order valence-corrected chi connectivity index (χ3v) is 3.45. The highest BCUT2D eigenvalue weighted by Crippen LogP contribution is 2.25. The molecule has 5 nitrogen and oxygen atoms in total. The van der Waals surface area contributed by atoms with Gasteiger partial charge in [0.15, 0.2) is 5.75 Å². The van der Waals surface area contributed by atoms with Gasteiger partial charge < -0.3 is 4.74 Å². The molecule has 0 saturated heterocycles. The van der Waals surface area contributed by atoms with E-state index in [1.54, 1.807) is 24.4 Å². The monoisotopic (exact) mass is 374 g/mol. The van der Waals surface area contributed by atoms with E-state index >= 15 is 0 Å². The second kappa shape index (κ2) is 8.91. The van der Waals surface area contributed by atoms with Crippen LogP contribution in [-0.2, 0) is 0 Å². The van der Waals surface area contributed by atoms with Crippen molar-refractivity contribution in [3.63, 3.8) is 0 Å². The molecule has 0 atom stereocenters. The lowest BCUT2D eigenvalue weighted by Gasteiger charge is -2.05. The molecular formula is C17H15BrN2O3. The van der Waals surface area contributed by atoms with Crippen LogP contribution in [0.4, 0.5) is 5.69 Å². The van der Waals surface area contributed by atoms with Gasteiger partial charge in [-0.15, -0.1) is 0 Å². The first kappa shape index (κ1) is 17.0. The van der Waals surface area contributed by atoms with Crippen LogP contribution in [0, 0.1) is 22.0 Å². The number of nitro groups is 1. The van der Waals surface area contributed by atoms with Crippen molar-refractivity contribution in [2.75, 3.05) is 6.61 Å². The van der Waals surface area contributed by atoms with E-state index in [4.69, 9.17) is 4.74 Å². The Kier molecular flexibility index (Phi) is 6.57. The molecule has 23 heavy (non-hydrogen) atoms. The van der Waals surface area contributed by atoms with Gasteiger partial charge in [-0.3, -0.25) is 10.1 Å². The molecule has 0 bridgehead atoms. The van der Waals surface area contributed by atoms with Gasteiger partial charge >= 0.3 is 5.69 Å². The first-order chi connectivity index (χ1) is 11.2. The minimum Gasteiger partial charge on any atom is -0.487 e. The number of nitro benzene ring substituents is 1. The maximum absolute atomic E-state index is 10.9. The topological polar surface area (TPSA) is 65.3 Å². The average molecular weight is 375 g/mol. The molecule has 2 rings (SSSR count). The third kappa shape index (κ3) is 5.72. The fourth-order valence-corrected chi connectivity index (χ4v) is 2.19. The lowest BCUT2D eigenvalue weighted by atomic mass is 10.2. The first-order valence-electron chi connectivity index (χ1n) is 7.13. The molecule has 118 valence electrons. The third-order valence-electron chi connectivity index (χ3n) is 2.95. The SMILES string of the molecule is O=[N+]([O-])c1ccccc1OCCCCC#Cc1cc(Br)ccn1. The summed E-state index contributed by atoms with van der Waals surface area (Å²) in [4.78, 5) is 14.6. The highest BCUT2D eigenvalue weighted by Gasteiger charge is 2.12. The molecule has 0 aliphatic rings.